The second-order valence-corrected chi connectivity index (χ2v) is 6.77. The van der Waals surface area contributed by atoms with E-state index in [9.17, 15) is 14.7 Å². The highest BCUT2D eigenvalue weighted by atomic mass is 16.5. The molecule has 1 unspecified atom stereocenters. The van der Waals surface area contributed by atoms with Crippen molar-refractivity contribution in [2.24, 2.45) is 0 Å². The van der Waals surface area contributed by atoms with Crippen molar-refractivity contribution in [3.05, 3.63) is 66.2 Å². The van der Waals surface area contributed by atoms with Crippen molar-refractivity contribution < 1.29 is 19.4 Å². The molecule has 3 rings (SSSR count). The number of nitrogens with zero attached hydrogens (tertiary/aromatic N) is 1. The Morgan fingerprint density at radius 1 is 1.11 bits per heavy atom. The molecule has 5 nitrogen and oxygen atoms in total. The van der Waals surface area contributed by atoms with E-state index in [0.29, 0.717) is 28.9 Å². The van der Waals surface area contributed by atoms with Gasteiger partial charge in [-0.1, -0.05) is 49.7 Å². The summed E-state index contributed by atoms with van der Waals surface area (Å²) in [6.45, 7) is 3.94. The largest absolute Gasteiger partial charge is 0.463 e. The number of rotatable bonds is 6. The number of anilines is 2. The minimum Gasteiger partial charge on any atom is -0.463 e. The zero-order valence-corrected chi connectivity index (χ0v) is 16.2. The molecule has 0 bridgehead atoms. The van der Waals surface area contributed by atoms with Crippen molar-refractivity contribution in [2.45, 2.75) is 38.7 Å². The normalized spacial score (nSPS) is 20.2. The van der Waals surface area contributed by atoms with Crippen molar-refractivity contribution in [1.29, 1.82) is 0 Å². The molecule has 5 heteroatoms. The number of benzene rings is 2. The first kappa shape index (κ1) is 19.8. The number of ether oxygens (including phenoxy) is 1. The van der Waals surface area contributed by atoms with Crippen LogP contribution in [0.25, 0.3) is 5.57 Å². The minimum atomic E-state index is -1.80. The van der Waals surface area contributed by atoms with Gasteiger partial charge in [0.25, 0.3) is 5.91 Å². The van der Waals surface area contributed by atoms with Gasteiger partial charge >= 0.3 is 5.97 Å². The van der Waals surface area contributed by atoms with Gasteiger partial charge < -0.3 is 9.84 Å². The van der Waals surface area contributed by atoms with E-state index in [1.165, 1.54) is 11.0 Å². The predicted molar refractivity (Wildman–Crippen MR) is 109 cm³/mol. The summed E-state index contributed by atoms with van der Waals surface area (Å²) < 4.78 is 5.05. The molecule has 0 aliphatic carbocycles. The van der Waals surface area contributed by atoms with Crippen molar-refractivity contribution in [3.8, 4) is 0 Å². The van der Waals surface area contributed by atoms with Crippen LogP contribution >= 0.6 is 0 Å². The molecule has 2 aromatic carbocycles. The van der Waals surface area contributed by atoms with Gasteiger partial charge in [-0.15, -0.1) is 0 Å². The van der Waals surface area contributed by atoms with Gasteiger partial charge in [0.05, 0.1) is 12.3 Å². The second-order valence-electron chi connectivity index (χ2n) is 6.77. The summed E-state index contributed by atoms with van der Waals surface area (Å²) in [5.41, 5.74) is 0.456. The van der Waals surface area contributed by atoms with Crippen LogP contribution in [0.4, 0.5) is 11.4 Å². The summed E-state index contributed by atoms with van der Waals surface area (Å²) in [6, 6.07) is 16.5. The molecule has 0 aromatic heterocycles. The zero-order chi connectivity index (χ0) is 20.1. The molecule has 1 amide bonds. The third kappa shape index (κ3) is 3.58. The molecule has 1 atom stereocenters. The number of hydrogen-bond donors (Lipinski definition) is 1. The molecular weight excluding hydrogens is 354 g/mol. The fourth-order valence-corrected chi connectivity index (χ4v) is 3.54. The number of para-hydroxylation sites is 2. The van der Waals surface area contributed by atoms with Crippen LogP contribution in [0.1, 0.15) is 38.7 Å². The average Bonchev–Trinajstić information content (AvgIpc) is 2.71. The lowest BCUT2D eigenvalue weighted by Crippen LogP contribution is -2.51. The average molecular weight is 379 g/mol. The standard InChI is InChI=1S/C23H25NO4/c1-3-5-15-23(27)19(16-21(25)28-4-2)18-13-9-10-14-20(18)24(22(23)26)17-11-7-6-8-12-17/h6-14,16,27H,3-5,15H2,1-2H3/b19-16+. The van der Waals surface area contributed by atoms with Gasteiger partial charge in [-0.2, -0.15) is 0 Å². The SMILES string of the molecule is CCCCC1(O)C(=O)N(c2ccccc2)c2ccccc2/C1=C\C(=O)OCC. The van der Waals surface area contributed by atoms with E-state index in [-0.39, 0.29) is 13.0 Å². The molecule has 28 heavy (non-hydrogen) atoms. The molecule has 0 saturated carbocycles. The lowest BCUT2D eigenvalue weighted by molar-refractivity contribution is -0.137. The molecule has 1 heterocycles. The maximum Gasteiger partial charge on any atom is 0.331 e. The topological polar surface area (TPSA) is 66.8 Å². The smallest absolute Gasteiger partial charge is 0.331 e. The number of unbranched alkanes of at least 4 members (excludes halogenated alkanes) is 1. The van der Waals surface area contributed by atoms with Crippen LogP contribution < -0.4 is 4.90 Å². The van der Waals surface area contributed by atoms with Crippen LogP contribution in [0.15, 0.2) is 60.7 Å². The summed E-state index contributed by atoms with van der Waals surface area (Å²) in [7, 11) is 0. The third-order valence-corrected chi connectivity index (χ3v) is 4.89. The Kier molecular flexibility index (Phi) is 5.95. The first-order valence-corrected chi connectivity index (χ1v) is 9.63. The van der Waals surface area contributed by atoms with E-state index in [1.807, 2.05) is 61.5 Å². The van der Waals surface area contributed by atoms with E-state index < -0.39 is 17.5 Å². The number of carbonyl (C=O) groups excluding carboxylic acids is 2. The number of esters is 1. The number of amides is 1. The van der Waals surface area contributed by atoms with Gasteiger partial charge in [0.15, 0.2) is 5.60 Å². The number of aliphatic hydroxyl groups is 1. The number of fused-ring (bicyclic) bond motifs is 1. The van der Waals surface area contributed by atoms with Crippen LogP contribution in [0.2, 0.25) is 0 Å². The first-order chi connectivity index (χ1) is 13.5. The predicted octanol–water partition coefficient (Wildman–Crippen LogP) is 4.23. The fraction of sp³-hybridized carbons (Fsp3) is 0.304. The summed E-state index contributed by atoms with van der Waals surface area (Å²) in [5.74, 6) is -1.02. The second kappa shape index (κ2) is 8.40. The molecule has 1 aliphatic rings. The quantitative estimate of drug-likeness (QED) is 0.602. The van der Waals surface area contributed by atoms with E-state index in [4.69, 9.17) is 4.74 Å². The molecular formula is C23H25NO4. The van der Waals surface area contributed by atoms with Crippen LogP contribution in [-0.2, 0) is 14.3 Å². The Bertz CT molecular complexity index is 890. The van der Waals surface area contributed by atoms with Crippen LogP contribution in [0, 0.1) is 0 Å². The summed E-state index contributed by atoms with van der Waals surface area (Å²) in [5, 5.41) is 11.6. The van der Waals surface area contributed by atoms with Crippen molar-refractivity contribution in [1.82, 2.24) is 0 Å². The van der Waals surface area contributed by atoms with E-state index in [2.05, 4.69) is 0 Å². The summed E-state index contributed by atoms with van der Waals surface area (Å²) in [4.78, 5) is 27.3. The summed E-state index contributed by atoms with van der Waals surface area (Å²) >= 11 is 0. The van der Waals surface area contributed by atoms with Gasteiger partial charge in [0, 0.05) is 22.9 Å². The Hall–Kier alpha value is -2.92. The first-order valence-electron chi connectivity index (χ1n) is 9.63. The molecule has 2 aromatic rings. The van der Waals surface area contributed by atoms with Gasteiger partial charge in [-0.25, -0.2) is 4.79 Å². The highest BCUT2D eigenvalue weighted by Gasteiger charge is 2.48. The molecule has 1 N–H and O–H groups in total. The molecule has 0 fully saturated rings. The van der Waals surface area contributed by atoms with E-state index in [0.717, 1.165) is 6.42 Å². The molecule has 0 spiro atoms. The van der Waals surface area contributed by atoms with Crippen LogP contribution in [-0.4, -0.2) is 29.2 Å². The number of carbonyl (C=O) groups is 2. The van der Waals surface area contributed by atoms with Crippen molar-refractivity contribution >= 4 is 28.8 Å². The Morgan fingerprint density at radius 2 is 1.79 bits per heavy atom. The maximum absolute atomic E-state index is 13.5. The van der Waals surface area contributed by atoms with Crippen molar-refractivity contribution in [3.63, 3.8) is 0 Å². The zero-order valence-electron chi connectivity index (χ0n) is 16.2. The molecule has 146 valence electrons. The molecule has 0 saturated heterocycles. The maximum atomic E-state index is 13.5. The fourth-order valence-electron chi connectivity index (χ4n) is 3.54. The monoisotopic (exact) mass is 379 g/mol. The highest BCUT2D eigenvalue weighted by Crippen LogP contribution is 2.46. The van der Waals surface area contributed by atoms with Gasteiger partial charge in [-0.05, 0) is 38.0 Å². The highest BCUT2D eigenvalue weighted by molar-refractivity contribution is 6.19. The van der Waals surface area contributed by atoms with Gasteiger partial charge in [0.2, 0.25) is 0 Å². The van der Waals surface area contributed by atoms with Crippen LogP contribution in [0.5, 0.6) is 0 Å². The van der Waals surface area contributed by atoms with E-state index >= 15 is 0 Å². The minimum absolute atomic E-state index is 0.224. The Balaban J connectivity index is 2.23. The van der Waals surface area contributed by atoms with Crippen molar-refractivity contribution in [2.75, 3.05) is 11.5 Å². The van der Waals surface area contributed by atoms with Gasteiger partial charge in [0.1, 0.15) is 0 Å². The van der Waals surface area contributed by atoms with Gasteiger partial charge in [-0.3, -0.25) is 9.69 Å². The lowest BCUT2D eigenvalue weighted by Gasteiger charge is -2.41. The third-order valence-electron chi connectivity index (χ3n) is 4.89. The Morgan fingerprint density at radius 3 is 2.46 bits per heavy atom. The van der Waals surface area contributed by atoms with E-state index in [1.54, 1.807) is 6.92 Å². The molecule has 1 aliphatic heterocycles. The lowest BCUT2D eigenvalue weighted by atomic mass is 9.78. The number of hydrogen-bond acceptors (Lipinski definition) is 4. The summed E-state index contributed by atoms with van der Waals surface area (Å²) in [6.07, 6.45) is 2.95. The Labute approximate surface area is 165 Å². The molecule has 0 radical (unpaired) electrons. The van der Waals surface area contributed by atoms with Crippen LogP contribution in [0.3, 0.4) is 0 Å².